The van der Waals surface area contributed by atoms with E-state index in [1.54, 1.807) is 0 Å². The molecule has 0 aromatic carbocycles. The summed E-state index contributed by atoms with van der Waals surface area (Å²) < 4.78 is 0. The molecule has 92 valence electrons. The SMILES string of the molecule is CCCNCC1CCCN(C(C#N)CC)C1. The molecule has 1 N–H and O–H groups in total. The van der Waals surface area contributed by atoms with Gasteiger partial charge in [0.25, 0.3) is 0 Å². The molecule has 1 fully saturated rings. The zero-order valence-corrected chi connectivity index (χ0v) is 10.7. The van der Waals surface area contributed by atoms with Crippen LogP contribution in [0.1, 0.15) is 39.5 Å². The third-order valence-electron chi connectivity index (χ3n) is 3.39. The predicted molar refractivity (Wildman–Crippen MR) is 67.1 cm³/mol. The third-order valence-corrected chi connectivity index (χ3v) is 3.39. The molecule has 0 amide bonds. The second kappa shape index (κ2) is 7.65. The Hall–Kier alpha value is -0.590. The number of hydrogen-bond donors (Lipinski definition) is 1. The molecule has 1 aliphatic rings. The minimum atomic E-state index is 0.133. The fourth-order valence-corrected chi connectivity index (χ4v) is 2.46. The van der Waals surface area contributed by atoms with Crippen LogP contribution < -0.4 is 5.32 Å². The van der Waals surface area contributed by atoms with E-state index in [1.165, 1.54) is 19.3 Å². The van der Waals surface area contributed by atoms with Gasteiger partial charge in [-0.1, -0.05) is 13.8 Å². The van der Waals surface area contributed by atoms with E-state index in [2.05, 4.69) is 30.1 Å². The van der Waals surface area contributed by atoms with Crippen LogP contribution in [-0.4, -0.2) is 37.1 Å². The van der Waals surface area contributed by atoms with Crippen molar-refractivity contribution < 1.29 is 0 Å². The van der Waals surface area contributed by atoms with Crippen molar-refractivity contribution in [1.82, 2.24) is 10.2 Å². The Balaban J connectivity index is 2.32. The molecular formula is C13H25N3. The highest BCUT2D eigenvalue weighted by Crippen LogP contribution is 2.18. The smallest absolute Gasteiger partial charge is 0.0975 e. The molecule has 0 aromatic rings. The molecule has 3 nitrogen and oxygen atoms in total. The molecule has 0 saturated carbocycles. The summed E-state index contributed by atoms with van der Waals surface area (Å²) in [5.74, 6) is 0.739. The van der Waals surface area contributed by atoms with Gasteiger partial charge in [0.2, 0.25) is 0 Å². The monoisotopic (exact) mass is 223 g/mol. The summed E-state index contributed by atoms with van der Waals surface area (Å²) in [5.41, 5.74) is 0. The van der Waals surface area contributed by atoms with Gasteiger partial charge in [-0.3, -0.25) is 4.90 Å². The first-order chi connectivity index (χ1) is 7.81. The van der Waals surface area contributed by atoms with Gasteiger partial charge in [0.1, 0.15) is 0 Å². The fraction of sp³-hybridized carbons (Fsp3) is 0.923. The van der Waals surface area contributed by atoms with Gasteiger partial charge < -0.3 is 5.32 Å². The normalized spacial score (nSPS) is 23.9. The molecule has 1 heterocycles. The summed E-state index contributed by atoms with van der Waals surface area (Å²) in [6, 6.07) is 2.55. The van der Waals surface area contributed by atoms with Gasteiger partial charge in [0, 0.05) is 6.54 Å². The Kier molecular flexibility index (Phi) is 6.44. The second-order valence-electron chi connectivity index (χ2n) is 4.76. The van der Waals surface area contributed by atoms with Gasteiger partial charge in [-0.15, -0.1) is 0 Å². The molecule has 0 aromatic heterocycles. The largest absolute Gasteiger partial charge is 0.316 e. The number of likely N-dealkylation sites (tertiary alicyclic amines) is 1. The summed E-state index contributed by atoms with van der Waals surface area (Å²) in [6.07, 6.45) is 4.71. The molecule has 0 aliphatic carbocycles. The highest BCUT2D eigenvalue weighted by molar-refractivity contribution is 4.93. The first-order valence-corrected chi connectivity index (χ1v) is 6.66. The molecule has 16 heavy (non-hydrogen) atoms. The van der Waals surface area contributed by atoms with Crippen LogP contribution in [0.25, 0.3) is 0 Å². The molecule has 0 bridgehead atoms. The Morgan fingerprint density at radius 3 is 2.94 bits per heavy atom. The Morgan fingerprint density at radius 1 is 1.50 bits per heavy atom. The lowest BCUT2D eigenvalue weighted by Gasteiger charge is -2.35. The number of piperidine rings is 1. The zero-order chi connectivity index (χ0) is 11.8. The van der Waals surface area contributed by atoms with Crippen LogP contribution in [0.2, 0.25) is 0 Å². The summed E-state index contributed by atoms with van der Waals surface area (Å²) in [5, 5.41) is 12.6. The maximum atomic E-state index is 9.07. The maximum absolute atomic E-state index is 9.07. The van der Waals surface area contributed by atoms with Crippen LogP contribution in [0.15, 0.2) is 0 Å². The standard InChI is InChI=1S/C13H25N3/c1-3-7-15-10-12-6-5-8-16(11-12)13(4-2)9-14/h12-13,15H,3-8,10-11H2,1-2H3. The first kappa shape index (κ1) is 13.5. The molecule has 1 aliphatic heterocycles. The maximum Gasteiger partial charge on any atom is 0.0975 e. The molecule has 0 spiro atoms. The minimum absolute atomic E-state index is 0.133. The second-order valence-corrected chi connectivity index (χ2v) is 4.76. The zero-order valence-electron chi connectivity index (χ0n) is 10.7. The summed E-state index contributed by atoms with van der Waals surface area (Å²) >= 11 is 0. The molecule has 3 heteroatoms. The minimum Gasteiger partial charge on any atom is -0.316 e. The van der Waals surface area contributed by atoms with Crippen LogP contribution in [0.5, 0.6) is 0 Å². The molecule has 2 atom stereocenters. The number of hydrogen-bond acceptors (Lipinski definition) is 3. The van der Waals surface area contributed by atoms with Gasteiger partial charge in [-0.05, 0) is 51.2 Å². The molecule has 2 unspecified atom stereocenters. The number of nitrogens with zero attached hydrogens (tertiary/aromatic N) is 2. The van der Waals surface area contributed by atoms with E-state index in [-0.39, 0.29) is 6.04 Å². The van der Waals surface area contributed by atoms with E-state index in [0.717, 1.165) is 38.5 Å². The Bertz CT molecular complexity index is 222. The van der Waals surface area contributed by atoms with Crippen molar-refractivity contribution in [3.63, 3.8) is 0 Å². The van der Waals surface area contributed by atoms with Crippen LogP contribution in [0.3, 0.4) is 0 Å². The van der Waals surface area contributed by atoms with Crippen molar-refractivity contribution in [3.05, 3.63) is 0 Å². The van der Waals surface area contributed by atoms with Crippen LogP contribution in [0, 0.1) is 17.2 Å². The summed E-state index contributed by atoms with van der Waals surface area (Å²) in [4.78, 5) is 2.36. The van der Waals surface area contributed by atoms with Crippen molar-refractivity contribution >= 4 is 0 Å². The lowest BCUT2D eigenvalue weighted by molar-refractivity contribution is 0.144. The van der Waals surface area contributed by atoms with E-state index < -0.39 is 0 Å². The van der Waals surface area contributed by atoms with E-state index in [9.17, 15) is 0 Å². The lowest BCUT2D eigenvalue weighted by atomic mass is 9.96. The van der Waals surface area contributed by atoms with Gasteiger partial charge >= 0.3 is 0 Å². The van der Waals surface area contributed by atoms with E-state index in [1.807, 2.05) is 0 Å². The van der Waals surface area contributed by atoms with Crippen molar-refractivity contribution in [1.29, 1.82) is 5.26 Å². The Morgan fingerprint density at radius 2 is 2.31 bits per heavy atom. The lowest BCUT2D eigenvalue weighted by Crippen LogP contribution is -2.44. The van der Waals surface area contributed by atoms with Crippen molar-refractivity contribution in [3.8, 4) is 6.07 Å². The number of nitrogens with one attached hydrogen (secondary N) is 1. The number of rotatable bonds is 6. The van der Waals surface area contributed by atoms with E-state index >= 15 is 0 Å². The van der Waals surface area contributed by atoms with Crippen LogP contribution in [0.4, 0.5) is 0 Å². The van der Waals surface area contributed by atoms with Crippen molar-refractivity contribution in [2.45, 2.75) is 45.6 Å². The highest BCUT2D eigenvalue weighted by atomic mass is 15.2. The van der Waals surface area contributed by atoms with Crippen molar-refractivity contribution in [2.75, 3.05) is 26.2 Å². The molecule has 1 rings (SSSR count). The summed E-state index contributed by atoms with van der Waals surface area (Å²) in [7, 11) is 0. The van der Waals surface area contributed by atoms with Gasteiger partial charge in [-0.2, -0.15) is 5.26 Å². The Labute approximate surface area is 99.8 Å². The molecular weight excluding hydrogens is 198 g/mol. The molecule has 1 saturated heterocycles. The van der Waals surface area contributed by atoms with Gasteiger partial charge in [-0.25, -0.2) is 0 Å². The average Bonchev–Trinajstić information content (AvgIpc) is 2.32. The quantitative estimate of drug-likeness (QED) is 0.700. The molecule has 0 radical (unpaired) electrons. The van der Waals surface area contributed by atoms with Gasteiger partial charge in [0.05, 0.1) is 12.1 Å². The average molecular weight is 223 g/mol. The third kappa shape index (κ3) is 4.11. The van der Waals surface area contributed by atoms with E-state index in [4.69, 9.17) is 5.26 Å². The van der Waals surface area contributed by atoms with Gasteiger partial charge in [0.15, 0.2) is 0 Å². The fourth-order valence-electron chi connectivity index (χ4n) is 2.46. The highest BCUT2D eigenvalue weighted by Gasteiger charge is 2.24. The van der Waals surface area contributed by atoms with Crippen LogP contribution in [-0.2, 0) is 0 Å². The number of nitriles is 1. The predicted octanol–water partition coefficient (Wildman–Crippen LogP) is 2.00. The van der Waals surface area contributed by atoms with Crippen LogP contribution >= 0.6 is 0 Å². The van der Waals surface area contributed by atoms with Crippen molar-refractivity contribution in [2.24, 2.45) is 5.92 Å². The topological polar surface area (TPSA) is 39.1 Å². The first-order valence-electron chi connectivity index (χ1n) is 6.66. The summed E-state index contributed by atoms with van der Waals surface area (Å²) in [6.45, 7) is 8.74. The van der Waals surface area contributed by atoms with E-state index in [0.29, 0.717) is 0 Å².